The van der Waals surface area contributed by atoms with Gasteiger partial charge in [0.05, 0.1) is 4.90 Å². The Labute approximate surface area is 165 Å². The predicted octanol–water partition coefficient (Wildman–Crippen LogP) is 2.08. The van der Waals surface area contributed by atoms with Gasteiger partial charge in [-0.05, 0) is 31.0 Å². The molecule has 150 valence electrons. The summed E-state index contributed by atoms with van der Waals surface area (Å²) in [7, 11) is -2.06. The fourth-order valence-electron chi connectivity index (χ4n) is 3.26. The summed E-state index contributed by atoms with van der Waals surface area (Å²) >= 11 is 0. The Hall–Kier alpha value is -2.45. The zero-order valence-corrected chi connectivity index (χ0v) is 16.8. The Morgan fingerprint density at radius 3 is 2.29 bits per heavy atom. The molecule has 7 nitrogen and oxygen atoms in total. The van der Waals surface area contributed by atoms with Crippen molar-refractivity contribution in [3.8, 4) is 0 Å². The lowest BCUT2D eigenvalue weighted by molar-refractivity contribution is -0.118. The fraction of sp³-hybridized carbons (Fsp3) is 0.400. The van der Waals surface area contributed by atoms with E-state index in [0.29, 0.717) is 18.8 Å². The van der Waals surface area contributed by atoms with Crippen LogP contribution in [-0.4, -0.2) is 43.3 Å². The van der Waals surface area contributed by atoms with Gasteiger partial charge in [0.1, 0.15) is 6.54 Å². The average molecular weight is 404 g/mol. The van der Waals surface area contributed by atoms with Gasteiger partial charge in [-0.3, -0.25) is 9.59 Å². The maximum atomic E-state index is 13.0. The lowest BCUT2D eigenvalue weighted by Gasteiger charge is -2.21. The van der Waals surface area contributed by atoms with Crippen LogP contribution >= 0.6 is 0 Å². The van der Waals surface area contributed by atoms with Crippen LogP contribution in [0.3, 0.4) is 0 Å². The standard InChI is InChI=1S/C20H25N3O4S/c1-21(17-9-5-4-6-10-17)20(25)16-22-15-18(11-12-19(22)24)28(26,27)23-13-7-2-3-8-14-23/h4-6,9-12,15H,2-3,7-8,13-14,16H2,1H3. The smallest absolute Gasteiger partial charge is 0.251 e. The molecule has 0 saturated carbocycles. The predicted molar refractivity (Wildman–Crippen MR) is 108 cm³/mol. The molecule has 8 heteroatoms. The molecule has 0 aliphatic carbocycles. The van der Waals surface area contributed by atoms with E-state index in [-0.39, 0.29) is 17.3 Å². The van der Waals surface area contributed by atoms with Crippen molar-refractivity contribution in [1.29, 1.82) is 0 Å². The van der Waals surface area contributed by atoms with Crippen LogP contribution in [0.5, 0.6) is 0 Å². The zero-order valence-electron chi connectivity index (χ0n) is 16.0. The SMILES string of the molecule is CN(C(=O)Cn1cc(S(=O)(=O)N2CCCCCC2)ccc1=O)c1ccccc1. The molecule has 0 spiro atoms. The molecule has 28 heavy (non-hydrogen) atoms. The Kier molecular flexibility index (Phi) is 6.31. The van der Waals surface area contributed by atoms with Gasteiger partial charge in [0.15, 0.2) is 0 Å². The number of hydrogen-bond acceptors (Lipinski definition) is 4. The lowest BCUT2D eigenvalue weighted by Crippen LogP contribution is -2.35. The highest BCUT2D eigenvalue weighted by Gasteiger charge is 2.26. The highest BCUT2D eigenvalue weighted by molar-refractivity contribution is 7.89. The number of carbonyl (C=O) groups is 1. The molecule has 0 bridgehead atoms. The molecule has 1 aliphatic rings. The molecule has 0 radical (unpaired) electrons. The molecule has 3 rings (SSSR count). The Morgan fingerprint density at radius 2 is 1.64 bits per heavy atom. The van der Waals surface area contributed by atoms with Crippen molar-refractivity contribution in [1.82, 2.24) is 8.87 Å². The van der Waals surface area contributed by atoms with E-state index >= 15 is 0 Å². The van der Waals surface area contributed by atoms with Crippen LogP contribution in [-0.2, 0) is 21.4 Å². The monoisotopic (exact) mass is 403 g/mol. The molecular weight excluding hydrogens is 378 g/mol. The first-order valence-electron chi connectivity index (χ1n) is 9.42. The van der Waals surface area contributed by atoms with Crippen molar-refractivity contribution >= 4 is 21.6 Å². The summed E-state index contributed by atoms with van der Waals surface area (Å²) in [6.07, 6.45) is 4.98. The zero-order chi connectivity index (χ0) is 20.1. The summed E-state index contributed by atoms with van der Waals surface area (Å²) in [4.78, 5) is 26.3. The highest BCUT2D eigenvalue weighted by Crippen LogP contribution is 2.19. The number of hydrogen-bond donors (Lipinski definition) is 0. The number of rotatable bonds is 5. The van der Waals surface area contributed by atoms with Gasteiger partial charge in [-0.25, -0.2) is 8.42 Å². The van der Waals surface area contributed by atoms with E-state index in [0.717, 1.165) is 30.3 Å². The minimum Gasteiger partial charge on any atom is -0.314 e. The van der Waals surface area contributed by atoms with Crippen molar-refractivity contribution in [2.45, 2.75) is 37.1 Å². The molecule has 2 heterocycles. The summed E-state index contributed by atoms with van der Waals surface area (Å²) in [5, 5.41) is 0. The number of anilines is 1. The number of para-hydroxylation sites is 1. The average Bonchev–Trinajstić information content (AvgIpc) is 2.99. The number of likely N-dealkylation sites (N-methyl/N-ethyl adjacent to an activating group) is 1. The second-order valence-electron chi connectivity index (χ2n) is 6.94. The molecule has 0 unspecified atom stereocenters. The number of carbonyl (C=O) groups excluding carboxylic acids is 1. The van der Waals surface area contributed by atoms with Gasteiger partial charge in [-0.15, -0.1) is 0 Å². The summed E-state index contributed by atoms with van der Waals surface area (Å²) < 4.78 is 28.6. The molecule has 1 fully saturated rings. The molecule has 1 saturated heterocycles. The van der Waals surface area contributed by atoms with Crippen LogP contribution in [0.15, 0.2) is 58.4 Å². The minimum absolute atomic E-state index is 0.0455. The molecule has 1 amide bonds. The number of benzene rings is 1. The number of amides is 1. The van der Waals surface area contributed by atoms with Crippen LogP contribution in [0, 0.1) is 0 Å². The number of aromatic nitrogens is 1. The van der Waals surface area contributed by atoms with Crippen LogP contribution in [0.4, 0.5) is 5.69 Å². The molecule has 0 atom stereocenters. The van der Waals surface area contributed by atoms with E-state index in [1.165, 1.54) is 27.5 Å². The Balaban J connectivity index is 1.83. The van der Waals surface area contributed by atoms with Crippen LogP contribution in [0.1, 0.15) is 25.7 Å². The van der Waals surface area contributed by atoms with E-state index in [1.54, 1.807) is 19.2 Å². The van der Waals surface area contributed by atoms with Gasteiger partial charge in [-0.2, -0.15) is 4.31 Å². The van der Waals surface area contributed by atoms with E-state index in [2.05, 4.69) is 0 Å². The minimum atomic E-state index is -3.68. The van der Waals surface area contributed by atoms with Gasteiger partial charge in [-0.1, -0.05) is 31.0 Å². The van der Waals surface area contributed by atoms with E-state index in [1.807, 2.05) is 18.2 Å². The molecular formula is C20H25N3O4S. The van der Waals surface area contributed by atoms with Crippen LogP contribution in [0.25, 0.3) is 0 Å². The van der Waals surface area contributed by atoms with Gasteiger partial charge in [0, 0.05) is 38.1 Å². The van der Waals surface area contributed by atoms with Crippen molar-refractivity contribution < 1.29 is 13.2 Å². The Morgan fingerprint density at radius 1 is 1.00 bits per heavy atom. The maximum Gasteiger partial charge on any atom is 0.251 e. The first-order chi connectivity index (χ1) is 13.4. The maximum absolute atomic E-state index is 13.0. The van der Waals surface area contributed by atoms with Gasteiger partial charge < -0.3 is 9.47 Å². The first-order valence-corrected chi connectivity index (χ1v) is 10.9. The van der Waals surface area contributed by atoms with Crippen LogP contribution < -0.4 is 10.5 Å². The lowest BCUT2D eigenvalue weighted by atomic mass is 10.2. The third-order valence-corrected chi connectivity index (χ3v) is 6.86. The van der Waals surface area contributed by atoms with Gasteiger partial charge in [0.25, 0.3) is 5.56 Å². The van der Waals surface area contributed by atoms with Gasteiger partial charge in [0.2, 0.25) is 15.9 Å². The molecule has 1 aromatic carbocycles. The van der Waals surface area contributed by atoms with Crippen LogP contribution in [0.2, 0.25) is 0 Å². The quantitative estimate of drug-likeness (QED) is 0.766. The molecule has 1 aromatic heterocycles. The largest absolute Gasteiger partial charge is 0.314 e. The number of nitrogens with zero attached hydrogens (tertiary/aromatic N) is 3. The summed E-state index contributed by atoms with van der Waals surface area (Å²) in [6.45, 7) is 0.738. The summed E-state index contributed by atoms with van der Waals surface area (Å²) in [6, 6.07) is 11.6. The highest BCUT2D eigenvalue weighted by atomic mass is 32.2. The molecule has 0 N–H and O–H groups in total. The molecule has 2 aromatic rings. The number of pyridine rings is 1. The van der Waals surface area contributed by atoms with E-state index < -0.39 is 15.6 Å². The number of sulfonamides is 1. The topological polar surface area (TPSA) is 79.7 Å². The first kappa shape index (κ1) is 20.3. The van der Waals surface area contributed by atoms with Crippen molar-refractivity contribution in [2.75, 3.05) is 25.0 Å². The third kappa shape index (κ3) is 4.51. The third-order valence-electron chi connectivity index (χ3n) is 4.98. The summed E-state index contributed by atoms with van der Waals surface area (Å²) in [5.74, 6) is -0.308. The fourth-order valence-corrected chi connectivity index (χ4v) is 4.80. The Bertz CT molecular complexity index is 978. The van der Waals surface area contributed by atoms with E-state index in [4.69, 9.17) is 0 Å². The second kappa shape index (κ2) is 8.70. The van der Waals surface area contributed by atoms with Crippen molar-refractivity contribution in [2.24, 2.45) is 0 Å². The molecule has 1 aliphatic heterocycles. The summed E-state index contributed by atoms with van der Waals surface area (Å²) in [5.41, 5.74) is 0.290. The van der Waals surface area contributed by atoms with Crippen molar-refractivity contribution in [3.05, 3.63) is 59.0 Å². The normalized spacial score (nSPS) is 15.8. The second-order valence-corrected chi connectivity index (χ2v) is 8.88. The van der Waals surface area contributed by atoms with Gasteiger partial charge >= 0.3 is 0 Å². The van der Waals surface area contributed by atoms with Crippen molar-refractivity contribution in [3.63, 3.8) is 0 Å². The van der Waals surface area contributed by atoms with E-state index in [9.17, 15) is 18.0 Å².